The SMILES string of the molecule is CNC(=O)C(Cc1ccc(O)cc1)C(C)=O. The molecule has 0 saturated heterocycles. The molecule has 16 heavy (non-hydrogen) atoms. The maximum absolute atomic E-state index is 11.4. The number of amides is 1. The molecule has 0 bridgehead atoms. The predicted molar refractivity (Wildman–Crippen MR) is 60.0 cm³/mol. The molecule has 0 saturated carbocycles. The summed E-state index contributed by atoms with van der Waals surface area (Å²) in [6, 6.07) is 6.48. The van der Waals surface area contributed by atoms with Gasteiger partial charge < -0.3 is 10.4 Å². The number of Topliss-reactive ketones (excluding diaryl/α,β-unsaturated/α-hetero) is 1. The second-order valence-electron chi connectivity index (χ2n) is 3.65. The fourth-order valence-electron chi connectivity index (χ4n) is 1.46. The smallest absolute Gasteiger partial charge is 0.230 e. The van der Waals surface area contributed by atoms with Crippen molar-refractivity contribution >= 4 is 11.7 Å². The largest absolute Gasteiger partial charge is 0.508 e. The van der Waals surface area contributed by atoms with E-state index in [4.69, 9.17) is 5.11 Å². The van der Waals surface area contributed by atoms with Crippen molar-refractivity contribution in [3.63, 3.8) is 0 Å². The molecule has 4 heteroatoms. The van der Waals surface area contributed by atoms with E-state index in [0.717, 1.165) is 5.56 Å². The fraction of sp³-hybridized carbons (Fsp3) is 0.333. The van der Waals surface area contributed by atoms with Crippen LogP contribution in [-0.2, 0) is 16.0 Å². The average Bonchev–Trinajstić information content (AvgIpc) is 2.27. The standard InChI is InChI=1S/C12H15NO3/c1-8(14)11(12(16)13-2)7-9-3-5-10(15)6-4-9/h3-6,11,15H,7H2,1-2H3,(H,13,16). The Labute approximate surface area is 94.3 Å². The van der Waals surface area contributed by atoms with Gasteiger partial charge >= 0.3 is 0 Å². The van der Waals surface area contributed by atoms with E-state index < -0.39 is 5.92 Å². The van der Waals surface area contributed by atoms with Crippen molar-refractivity contribution < 1.29 is 14.7 Å². The number of rotatable bonds is 4. The number of ketones is 1. The number of carbonyl (C=O) groups is 2. The van der Waals surface area contributed by atoms with Crippen molar-refractivity contribution in [2.75, 3.05) is 7.05 Å². The second kappa shape index (κ2) is 5.30. The lowest BCUT2D eigenvalue weighted by atomic mass is 9.95. The van der Waals surface area contributed by atoms with Crippen LogP contribution in [0.25, 0.3) is 0 Å². The Kier molecular flexibility index (Phi) is 4.05. The normalized spacial score (nSPS) is 11.9. The molecular weight excluding hydrogens is 206 g/mol. The summed E-state index contributed by atoms with van der Waals surface area (Å²) in [5, 5.41) is 11.6. The number of hydrogen-bond donors (Lipinski definition) is 2. The number of phenols is 1. The predicted octanol–water partition coefficient (Wildman–Crippen LogP) is 0.886. The zero-order valence-electron chi connectivity index (χ0n) is 9.36. The molecule has 1 rings (SSSR count). The van der Waals surface area contributed by atoms with Crippen molar-refractivity contribution in [1.82, 2.24) is 5.32 Å². The summed E-state index contributed by atoms with van der Waals surface area (Å²) < 4.78 is 0. The Balaban J connectivity index is 2.80. The van der Waals surface area contributed by atoms with Crippen LogP contribution >= 0.6 is 0 Å². The number of hydrogen-bond acceptors (Lipinski definition) is 3. The Bertz CT molecular complexity index is 384. The summed E-state index contributed by atoms with van der Waals surface area (Å²) in [5.74, 6) is -0.925. The third-order valence-electron chi connectivity index (χ3n) is 2.43. The van der Waals surface area contributed by atoms with Crippen LogP contribution in [-0.4, -0.2) is 23.8 Å². The lowest BCUT2D eigenvalue weighted by Crippen LogP contribution is -2.33. The van der Waals surface area contributed by atoms with Gasteiger partial charge in [-0.2, -0.15) is 0 Å². The second-order valence-corrected chi connectivity index (χ2v) is 3.65. The molecule has 4 nitrogen and oxygen atoms in total. The molecule has 0 aliphatic carbocycles. The summed E-state index contributed by atoms with van der Waals surface area (Å²) in [6.45, 7) is 1.40. The van der Waals surface area contributed by atoms with Gasteiger partial charge in [0.25, 0.3) is 0 Å². The van der Waals surface area contributed by atoms with Crippen molar-refractivity contribution in [2.24, 2.45) is 5.92 Å². The lowest BCUT2D eigenvalue weighted by molar-refractivity contribution is -0.132. The molecule has 86 valence electrons. The third kappa shape index (κ3) is 3.08. The Morgan fingerprint density at radius 2 is 1.88 bits per heavy atom. The molecule has 0 fully saturated rings. The van der Waals surface area contributed by atoms with E-state index in [1.165, 1.54) is 26.1 Å². The first-order valence-electron chi connectivity index (χ1n) is 5.04. The van der Waals surface area contributed by atoms with E-state index in [-0.39, 0.29) is 17.4 Å². The molecule has 0 aliphatic rings. The highest BCUT2D eigenvalue weighted by atomic mass is 16.3. The topological polar surface area (TPSA) is 66.4 Å². The van der Waals surface area contributed by atoms with Gasteiger partial charge in [0, 0.05) is 7.05 Å². The molecule has 1 aromatic carbocycles. The molecule has 1 amide bonds. The first kappa shape index (κ1) is 12.2. The highest BCUT2D eigenvalue weighted by molar-refractivity contribution is 6.00. The van der Waals surface area contributed by atoms with E-state index in [2.05, 4.69) is 5.32 Å². The molecule has 0 aromatic heterocycles. The minimum atomic E-state index is -0.658. The van der Waals surface area contributed by atoms with E-state index in [0.29, 0.717) is 6.42 Å². The molecule has 1 atom stereocenters. The summed E-state index contributed by atoms with van der Waals surface area (Å²) in [5.41, 5.74) is 0.849. The van der Waals surface area contributed by atoms with Crippen molar-refractivity contribution in [2.45, 2.75) is 13.3 Å². The van der Waals surface area contributed by atoms with Gasteiger partial charge in [-0.1, -0.05) is 12.1 Å². The quantitative estimate of drug-likeness (QED) is 0.742. The van der Waals surface area contributed by atoms with Crippen LogP contribution in [0.5, 0.6) is 5.75 Å². The van der Waals surface area contributed by atoms with E-state index in [9.17, 15) is 9.59 Å². The summed E-state index contributed by atoms with van der Waals surface area (Å²) >= 11 is 0. The first-order valence-corrected chi connectivity index (χ1v) is 5.04. The third-order valence-corrected chi connectivity index (χ3v) is 2.43. The van der Waals surface area contributed by atoms with Crippen LogP contribution in [0.1, 0.15) is 12.5 Å². The number of benzene rings is 1. The van der Waals surface area contributed by atoms with Crippen molar-refractivity contribution in [1.29, 1.82) is 0 Å². The molecule has 2 N–H and O–H groups in total. The number of carbonyl (C=O) groups excluding carboxylic acids is 2. The molecule has 0 spiro atoms. The molecular formula is C12H15NO3. The molecule has 0 aliphatic heterocycles. The number of nitrogens with one attached hydrogen (secondary N) is 1. The van der Waals surface area contributed by atoms with Gasteiger partial charge in [-0.3, -0.25) is 9.59 Å². The summed E-state index contributed by atoms with van der Waals surface area (Å²) in [6.07, 6.45) is 0.356. The lowest BCUT2D eigenvalue weighted by Gasteiger charge is -2.12. The molecule has 1 aromatic rings. The molecule has 1 unspecified atom stereocenters. The van der Waals surface area contributed by atoms with E-state index in [1.807, 2.05) is 0 Å². The van der Waals surface area contributed by atoms with Crippen LogP contribution in [0.15, 0.2) is 24.3 Å². The van der Waals surface area contributed by atoms with Crippen molar-refractivity contribution in [3.05, 3.63) is 29.8 Å². The zero-order chi connectivity index (χ0) is 12.1. The number of phenolic OH excluding ortho intramolecular Hbond substituents is 1. The van der Waals surface area contributed by atoms with Gasteiger partial charge in [-0.25, -0.2) is 0 Å². The highest BCUT2D eigenvalue weighted by Gasteiger charge is 2.22. The number of aromatic hydroxyl groups is 1. The molecule has 0 radical (unpaired) electrons. The maximum Gasteiger partial charge on any atom is 0.230 e. The van der Waals surface area contributed by atoms with Crippen LogP contribution in [0.3, 0.4) is 0 Å². The van der Waals surface area contributed by atoms with E-state index >= 15 is 0 Å². The van der Waals surface area contributed by atoms with Gasteiger partial charge in [0.05, 0.1) is 0 Å². The highest BCUT2D eigenvalue weighted by Crippen LogP contribution is 2.14. The van der Waals surface area contributed by atoms with Gasteiger partial charge in [-0.05, 0) is 31.0 Å². The van der Waals surface area contributed by atoms with Crippen LogP contribution in [0, 0.1) is 5.92 Å². The Morgan fingerprint density at radius 3 is 2.31 bits per heavy atom. The minimum Gasteiger partial charge on any atom is -0.508 e. The summed E-state index contributed by atoms with van der Waals surface area (Å²) in [7, 11) is 1.51. The van der Waals surface area contributed by atoms with Crippen LogP contribution < -0.4 is 5.32 Å². The maximum atomic E-state index is 11.4. The van der Waals surface area contributed by atoms with Crippen molar-refractivity contribution in [3.8, 4) is 5.75 Å². The zero-order valence-corrected chi connectivity index (χ0v) is 9.36. The monoisotopic (exact) mass is 221 g/mol. The Hall–Kier alpha value is -1.84. The van der Waals surface area contributed by atoms with Crippen LogP contribution in [0.4, 0.5) is 0 Å². The van der Waals surface area contributed by atoms with Gasteiger partial charge in [0.15, 0.2) is 0 Å². The van der Waals surface area contributed by atoms with Gasteiger partial charge in [0.2, 0.25) is 5.91 Å². The van der Waals surface area contributed by atoms with Crippen LogP contribution in [0.2, 0.25) is 0 Å². The average molecular weight is 221 g/mol. The van der Waals surface area contributed by atoms with Gasteiger partial charge in [-0.15, -0.1) is 0 Å². The Morgan fingerprint density at radius 1 is 1.31 bits per heavy atom. The summed E-state index contributed by atoms with van der Waals surface area (Å²) in [4.78, 5) is 22.7. The minimum absolute atomic E-state index is 0.160. The van der Waals surface area contributed by atoms with Gasteiger partial charge in [0.1, 0.15) is 17.5 Å². The molecule has 0 heterocycles. The van der Waals surface area contributed by atoms with E-state index in [1.54, 1.807) is 12.1 Å². The fourth-order valence-corrected chi connectivity index (χ4v) is 1.46. The first-order chi connectivity index (χ1) is 7.54.